The molecule has 1 aliphatic carbocycles. The quantitative estimate of drug-likeness (QED) is 0.246. The first kappa shape index (κ1) is 21.3. The van der Waals surface area contributed by atoms with Crippen molar-refractivity contribution in [2.24, 2.45) is 5.16 Å². The van der Waals surface area contributed by atoms with E-state index in [9.17, 15) is 4.79 Å². The topological polar surface area (TPSA) is 38.7 Å². The second-order valence-corrected chi connectivity index (χ2v) is 8.51. The molecule has 0 N–H and O–H groups in total. The van der Waals surface area contributed by atoms with Gasteiger partial charge in [0.05, 0.1) is 0 Å². The third-order valence-electron chi connectivity index (χ3n) is 6.47. The van der Waals surface area contributed by atoms with Crippen molar-refractivity contribution in [2.75, 3.05) is 0 Å². The fourth-order valence-electron chi connectivity index (χ4n) is 4.83. The number of halogens is 1. The van der Waals surface area contributed by atoms with Crippen LogP contribution in [-0.4, -0.2) is 11.7 Å². The largest absolute Gasteiger partial charge is 0.332 e. The first-order valence-corrected chi connectivity index (χ1v) is 11.1. The highest BCUT2D eigenvalue weighted by atomic mass is 35.5. The van der Waals surface area contributed by atoms with Crippen molar-refractivity contribution in [3.05, 3.63) is 93.5 Å². The molecule has 0 aliphatic heterocycles. The van der Waals surface area contributed by atoms with Gasteiger partial charge in [-0.1, -0.05) is 73.1 Å². The van der Waals surface area contributed by atoms with E-state index in [2.05, 4.69) is 49.3 Å². The minimum absolute atomic E-state index is 0.107. The Morgan fingerprint density at radius 1 is 0.968 bits per heavy atom. The van der Waals surface area contributed by atoms with Crippen molar-refractivity contribution in [2.45, 2.75) is 46.0 Å². The van der Waals surface area contributed by atoms with Crippen molar-refractivity contribution in [1.29, 1.82) is 0 Å². The van der Waals surface area contributed by atoms with Crippen molar-refractivity contribution in [1.82, 2.24) is 0 Å². The molecule has 0 spiro atoms. The molecule has 0 fully saturated rings. The minimum atomic E-state index is -0.439. The Kier molecular flexibility index (Phi) is 5.72. The molecular formula is C27H26ClNO2. The number of rotatable bonds is 5. The Bertz CT molecular complexity index is 1190. The van der Waals surface area contributed by atoms with Gasteiger partial charge in [-0.15, -0.1) is 0 Å². The number of benzene rings is 3. The molecule has 0 amide bonds. The van der Waals surface area contributed by atoms with Crippen LogP contribution in [-0.2, 0) is 15.0 Å². The van der Waals surface area contributed by atoms with E-state index >= 15 is 0 Å². The lowest BCUT2D eigenvalue weighted by Gasteiger charge is -2.30. The molecule has 0 atom stereocenters. The molecule has 0 radical (unpaired) electrons. The minimum Gasteiger partial charge on any atom is -0.318 e. The van der Waals surface area contributed by atoms with E-state index in [0.29, 0.717) is 5.71 Å². The van der Waals surface area contributed by atoms with Gasteiger partial charge >= 0.3 is 5.97 Å². The molecular weight excluding hydrogens is 406 g/mol. The van der Waals surface area contributed by atoms with Crippen LogP contribution in [0.5, 0.6) is 0 Å². The first-order chi connectivity index (χ1) is 14.9. The van der Waals surface area contributed by atoms with E-state index in [-0.39, 0.29) is 5.41 Å². The van der Waals surface area contributed by atoms with Gasteiger partial charge in [-0.25, -0.2) is 4.79 Å². The van der Waals surface area contributed by atoms with Gasteiger partial charge in [-0.3, -0.25) is 0 Å². The van der Waals surface area contributed by atoms with Gasteiger partial charge in [0.15, 0.2) is 0 Å². The molecule has 4 heteroatoms. The lowest BCUT2D eigenvalue weighted by Crippen LogP contribution is -2.23. The van der Waals surface area contributed by atoms with Crippen LogP contribution in [0, 0.1) is 6.92 Å². The summed E-state index contributed by atoms with van der Waals surface area (Å²) in [6.45, 7) is 7.85. The Morgan fingerprint density at radius 2 is 1.61 bits per heavy atom. The average Bonchev–Trinajstić information content (AvgIpc) is 3.03. The molecule has 3 aromatic rings. The maximum atomic E-state index is 11.5. The fraction of sp³-hybridized carbons (Fsp3) is 0.259. The van der Waals surface area contributed by atoms with E-state index in [1.807, 2.05) is 37.3 Å². The number of aryl methyl sites for hydroxylation is 1. The van der Waals surface area contributed by atoms with Crippen molar-refractivity contribution in [3.63, 3.8) is 0 Å². The van der Waals surface area contributed by atoms with Crippen LogP contribution in [0.15, 0.2) is 65.8 Å². The van der Waals surface area contributed by atoms with Crippen molar-refractivity contribution < 1.29 is 9.63 Å². The number of hydrogen-bond donors (Lipinski definition) is 0. The highest BCUT2D eigenvalue weighted by Crippen LogP contribution is 2.53. The van der Waals surface area contributed by atoms with Crippen LogP contribution in [0.3, 0.4) is 0 Å². The summed E-state index contributed by atoms with van der Waals surface area (Å²) < 4.78 is 0. The van der Waals surface area contributed by atoms with E-state index in [0.717, 1.165) is 34.6 Å². The summed E-state index contributed by atoms with van der Waals surface area (Å²) in [6, 6.07) is 20.6. The predicted octanol–water partition coefficient (Wildman–Crippen LogP) is 7.05. The molecule has 3 aromatic carbocycles. The fourth-order valence-corrected chi connectivity index (χ4v) is 5.00. The molecule has 31 heavy (non-hydrogen) atoms. The van der Waals surface area contributed by atoms with Gasteiger partial charge in [0, 0.05) is 28.5 Å². The summed E-state index contributed by atoms with van der Waals surface area (Å²) in [5.41, 5.74) is 8.53. The number of nitrogens with zero attached hydrogens (tertiary/aromatic N) is 1. The second kappa shape index (κ2) is 8.32. The molecule has 4 rings (SSSR count). The van der Waals surface area contributed by atoms with Crippen LogP contribution >= 0.6 is 11.6 Å². The molecule has 0 bridgehead atoms. The molecule has 1 aliphatic rings. The van der Waals surface area contributed by atoms with Gasteiger partial charge in [-0.2, -0.15) is 0 Å². The zero-order valence-electron chi connectivity index (χ0n) is 18.3. The molecule has 3 nitrogen and oxygen atoms in total. The Morgan fingerprint density at radius 3 is 2.26 bits per heavy atom. The van der Waals surface area contributed by atoms with E-state index in [1.165, 1.54) is 29.2 Å². The highest BCUT2D eigenvalue weighted by molar-refractivity contribution is 6.30. The number of carbonyl (C=O) groups excluding carboxylic acids is 1. The van der Waals surface area contributed by atoms with Crippen LogP contribution in [0.1, 0.15) is 61.4 Å². The number of fused-ring (bicyclic) bond motifs is 3. The molecule has 0 aromatic heterocycles. The zero-order chi connectivity index (χ0) is 22.2. The van der Waals surface area contributed by atoms with Gasteiger partial charge < -0.3 is 4.84 Å². The SMILES string of the molecule is CCC1(CC)c2cc(Cl)ccc2-c2ccc(C(=NOC(C)=O)c3ccccc3C)cc21. The summed E-state index contributed by atoms with van der Waals surface area (Å²) in [4.78, 5) is 16.6. The predicted molar refractivity (Wildman–Crippen MR) is 127 cm³/mol. The third-order valence-corrected chi connectivity index (χ3v) is 6.70. The van der Waals surface area contributed by atoms with Crippen LogP contribution in [0.25, 0.3) is 11.1 Å². The standard InChI is InChI=1S/C27H26ClNO2/c1-5-27(6-2)24-15-19(11-13-22(24)23-14-12-20(28)16-25(23)27)26(29-31-18(4)30)21-10-8-7-9-17(21)3/h7-16H,5-6H2,1-4H3. The maximum Gasteiger partial charge on any atom is 0.332 e. The molecule has 0 heterocycles. The third kappa shape index (κ3) is 3.57. The number of hydrogen-bond acceptors (Lipinski definition) is 3. The van der Waals surface area contributed by atoms with Gasteiger partial charge in [0.25, 0.3) is 0 Å². The summed E-state index contributed by atoms with van der Waals surface area (Å²) >= 11 is 6.39. The lowest BCUT2D eigenvalue weighted by atomic mass is 9.73. The average molecular weight is 432 g/mol. The van der Waals surface area contributed by atoms with Crippen LogP contribution in [0.2, 0.25) is 5.02 Å². The smallest absolute Gasteiger partial charge is 0.318 e. The maximum absolute atomic E-state index is 11.5. The monoisotopic (exact) mass is 431 g/mol. The van der Waals surface area contributed by atoms with Crippen molar-refractivity contribution >= 4 is 23.3 Å². The summed E-state index contributed by atoms with van der Waals surface area (Å²) in [5, 5.41) is 5.02. The van der Waals surface area contributed by atoms with Gasteiger partial charge in [0.2, 0.25) is 0 Å². The molecule has 0 unspecified atom stereocenters. The molecule has 0 saturated carbocycles. The second-order valence-electron chi connectivity index (χ2n) is 8.08. The normalized spacial score (nSPS) is 14.2. The summed E-state index contributed by atoms with van der Waals surface area (Å²) in [6.07, 6.45) is 1.93. The number of oxime groups is 1. The van der Waals surface area contributed by atoms with E-state index in [4.69, 9.17) is 16.4 Å². The van der Waals surface area contributed by atoms with Crippen LogP contribution < -0.4 is 0 Å². The summed E-state index contributed by atoms with van der Waals surface area (Å²) in [5.74, 6) is -0.439. The Balaban J connectivity index is 1.94. The van der Waals surface area contributed by atoms with E-state index < -0.39 is 5.97 Å². The number of carbonyl (C=O) groups is 1. The molecule has 0 saturated heterocycles. The lowest BCUT2D eigenvalue weighted by molar-refractivity contribution is -0.140. The van der Waals surface area contributed by atoms with Gasteiger partial charge in [0.1, 0.15) is 5.71 Å². The highest BCUT2D eigenvalue weighted by Gasteiger charge is 2.40. The van der Waals surface area contributed by atoms with E-state index in [1.54, 1.807) is 0 Å². The Hall–Kier alpha value is -2.91. The van der Waals surface area contributed by atoms with Crippen molar-refractivity contribution in [3.8, 4) is 11.1 Å². The zero-order valence-corrected chi connectivity index (χ0v) is 19.1. The first-order valence-electron chi connectivity index (χ1n) is 10.7. The summed E-state index contributed by atoms with van der Waals surface area (Å²) in [7, 11) is 0. The Labute approximate surface area is 188 Å². The van der Waals surface area contributed by atoms with Crippen LogP contribution in [0.4, 0.5) is 0 Å². The van der Waals surface area contributed by atoms with Gasteiger partial charge in [-0.05, 0) is 65.8 Å². The molecule has 158 valence electrons.